The molecular weight excluding hydrogens is 461 g/mol. The lowest BCUT2D eigenvalue weighted by atomic mass is 10.0. The van der Waals surface area contributed by atoms with E-state index in [2.05, 4.69) is 17.2 Å². The van der Waals surface area contributed by atoms with E-state index in [0.717, 1.165) is 31.7 Å². The van der Waals surface area contributed by atoms with Crippen molar-refractivity contribution in [2.75, 3.05) is 50.1 Å². The predicted octanol–water partition coefficient (Wildman–Crippen LogP) is 4.84. The second kappa shape index (κ2) is 11.9. The van der Waals surface area contributed by atoms with Crippen molar-refractivity contribution in [1.29, 1.82) is 0 Å². The number of alkyl halides is 3. The maximum absolute atomic E-state index is 13.7. The van der Waals surface area contributed by atoms with Crippen molar-refractivity contribution in [3.05, 3.63) is 53.2 Å². The average molecular weight is 493 g/mol. The Hall–Kier alpha value is -3.30. The molecule has 7 nitrogen and oxygen atoms in total. The van der Waals surface area contributed by atoms with Gasteiger partial charge in [0.15, 0.2) is 0 Å². The number of unbranched alkanes of at least 4 members (excludes halogenated alkanes) is 3. The molecule has 2 heterocycles. The number of hydrogen-bond acceptors (Lipinski definition) is 6. The van der Waals surface area contributed by atoms with Gasteiger partial charge in [-0.3, -0.25) is 4.79 Å². The normalized spacial score (nSPS) is 14.1. The van der Waals surface area contributed by atoms with Crippen molar-refractivity contribution >= 4 is 23.4 Å². The van der Waals surface area contributed by atoms with Crippen LogP contribution in [0.3, 0.4) is 0 Å². The highest BCUT2D eigenvalue weighted by Crippen LogP contribution is 2.34. The number of carbonyl (C=O) groups is 2. The van der Waals surface area contributed by atoms with Gasteiger partial charge >= 0.3 is 12.1 Å². The van der Waals surface area contributed by atoms with Crippen LogP contribution < -0.4 is 10.2 Å². The number of carbonyl (C=O) groups excluding carboxylic acids is 2. The van der Waals surface area contributed by atoms with Crippen molar-refractivity contribution < 1.29 is 27.5 Å². The van der Waals surface area contributed by atoms with Crippen LogP contribution >= 0.6 is 0 Å². The molecule has 0 bridgehead atoms. The van der Waals surface area contributed by atoms with Crippen LogP contribution in [-0.2, 0) is 10.9 Å². The molecule has 0 radical (unpaired) electrons. The minimum Gasteiger partial charge on any atom is -0.465 e. The number of esters is 1. The standard InChI is InChI=1S/C25H31F3N4O3/c1-3-4-5-6-10-29-19-7-8-21(25(26,27)28)20(17-19)23(33)32-14-12-31(13-15-32)22-16-18(9-11-30-22)24(34)35-2/h7-9,11,16-17,29H,3-6,10,12-15H2,1-2H3. The van der Waals surface area contributed by atoms with Crippen LogP contribution in [0.15, 0.2) is 36.5 Å². The van der Waals surface area contributed by atoms with E-state index in [9.17, 15) is 22.8 Å². The summed E-state index contributed by atoms with van der Waals surface area (Å²) in [4.78, 5) is 32.5. The van der Waals surface area contributed by atoms with E-state index in [1.807, 2.05) is 4.90 Å². The van der Waals surface area contributed by atoms with Crippen LogP contribution in [0.25, 0.3) is 0 Å². The summed E-state index contributed by atoms with van der Waals surface area (Å²) in [6.45, 7) is 3.95. The summed E-state index contributed by atoms with van der Waals surface area (Å²) in [5.41, 5.74) is -0.436. The highest BCUT2D eigenvalue weighted by Gasteiger charge is 2.37. The van der Waals surface area contributed by atoms with Gasteiger partial charge in [0, 0.05) is 44.6 Å². The molecule has 10 heteroatoms. The van der Waals surface area contributed by atoms with E-state index in [1.165, 1.54) is 30.3 Å². The van der Waals surface area contributed by atoms with Crippen LogP contribution in [-0.4, -0.2) is 61.6 Å². The molecule has 1 aromatic heterocycles. The largest absolute Gasteiger partial charge is 0.465 e. The van der Waals surface area contributed by atoms with E-state index in [-0.39, 0.29) is 18.7 Å². The van der Waals surface area contributed by atoms with E-state index >= 15 is 0 Å². The summed E-state index contributed by atoms with van der Waals surface area (Å²) in [6, 6.07) is 6.79. The number of pyridine rings is 1. The van der Waals surface area contributed by atoms with Gasteiger partial charge in [-0.2, -0.15) is 13.2 Å². The predicted molar refractivity (Wildman–Crippen MR) is 128 cm³/mol. The molecule has 0 atom stereocenters. The fraction of sp³-hybridized carbons (Fsp3) is 0.480. The van der Waals surface area contributed by atoms with Gasteiger partial charge in [0.2, 0.25) is 0 Å². The van der Waals surface area contributed by atoms with E-state index in [1.54, 1.807) is 12.1 Å². The number of nitrogens with one attached hydrogen (secondary N) is 1. The van der Waals surface area contributed by atoms with Crippen LogP contribution in [0.4, 0.5) is 24.7 Å². The van der Waals surface area contributed by atoms with Gasteiger partial charge in [0.1, 0.15) is 5.82 Å². The second-order valence-corrected chi connectivity index (χ2v) is 8.42. The summed E-state index contributed by atoms with van der Waals surface area (Å²) in [6.07, 6.45) is 1.01. The van der Waals surface area contributed by atoms with Crippen molar-refractivity contribution in [3.63, 3.8) is 0 Å². The number of anilines is 2. The number of piperazine rings is 1. The van der Waals surface area contributed by atoms with E-state index in [4.69, 9.17) is 4.74 Å². The number of rotatable bonds is 9. The first-order chi connectivity index (χ1) is 16.7. The Labute approximate surface area is 203 Å². The van der Waals surface area contributed by atoms with Crippen molar-refractivity contribution in [3.8, 4) is 0 Å². The van der Waals surface area contributed by atoms with Crippen LogP contribution in [0.5, 0.6) is 0 Å². The molecule has 0 aliphatic carbocycles. The Morgan fingerprint density at radius 1 is 1.06 bits per heavy atom. The SMILES string of the molecule is CCCCCCNc1ccc(C(F)(F)F)c(C(=O)N2CCN(c3cc(C(=O)OC)ccn3)CC2)c1. The number of hydrogen-bond donors (Lipinski definition) is 1. The summed E-state index contributed by atoms with van der Waals surface area (Å²) in [5.74, 6) is -0.589. The zero-order valence-corrected chi connectivity index (χ0v) is 20.0. The summed E-state index contributed by atoms with van der Waals surface area (Å²) < 4.78 is 45.7. The molecule has 0 saturated carbocycles. The zero-order chi connectivity index (χ0) is 25.4. The molecule has 190 valence electrons. The average Bonchev–Trinajstić information content (AvgIpc) is 2.87. The smallest absolute Gasteiger partial charge is 0.417 e. The molecule has 0 unspecified atom stereocenters. The molecule has 35 heavy (non-hydrogen) atoms. The highest BCUT2D eigenvalue weighted by atomic mass is 19.4. The van der Waals surface area contributed by atoms with Gasteiger partial charge in [-0.15, -0.1) is 0 Å². The molecule has 1 N–H and O–H groups in total. The Bertz CT molecular complexity index is 1020. The van der Waals surface area contributed by atoms with E-state index in [0.29, 0.717) is 36.7 Å². The molecular formula is C25H31F3N4O3. The Morgan fingerprint density at radius 2 is 1.80 bits per heavy atom. The molecule has 3 rings (SSSR count). The number of aromatic nitrogens is 1. The number of nitrogens with zero attached hydrogens (tertiary/aromatic N) is 3. The second-order valence-electron chi connectivity index (χ2n) is 8.42. The highest BCUT2D eigenvalue weighted by molar-refractivity contribution is 5.97. The minimum atomic E-state index is -4.63. The van der Waals surface area contributed by atoms with Gasteiger partial charge in [-0.1, -0.05) is 26.2 Å². The third-order valence-corrected chi connectivity index (χ3v) is 5.97. The first-order valence-electron chi connectivity index (χ1n) is 11.8. The van der Waals surface area contributed by atoms with Crippen molar-refractivity contribution in [2.45, 2.75) is 38.8 Å². The Morgan fingerprint density at radius 3 is 2.46 bits per heavy atom. The van der Waals surface area contributed by atoms with E-state index < -0.39 is 23.6 Å². The Kier molecular flexibility index (Phi) is 8.95. The molecule has 1 amide bonds. The third kappa shape index (κ3) is 6.86. The first-order valence-corrected chi connectivity index (χ1v) is 11.8. The topological polar surface area (TPSA) is 74.8 Å². The number of ether oxygens (including phenoxy) is 1. The zero-order valence-electron chi connectivity index (χ0n) is 20.0. The molecule has 1 fully saturated rings. The van der Waals surface area contributed by atoms with Crippen LogP contribution in [0, 0.1) is 0 Å². The number of amides is 1. The monoisotopic (exact) mass is 492 g/mol. The maximum atomic E-state index is 13.7. The van der Waals surface area contributed by atoms with Gasteiger partial charge in [0.25, 0.3) is 5.91 Å². The summed E-state index contributed by atoms with van der Waals surface area (Å²) in [7, 11) is 1.29. The van der Waals surface area contributed by atoms with Crippen LogP contribution in [0.1, 0.15) is 58.9 Å². The molecule has 1 saturated heterocycles. The van der Waals surface area contributed by atoms with Gasteiger partial charge < -0.3 is 19.9 Å². The Balaban J connectivity index is 1.70. The lowest BCUT2D eigenvalue weighted by Crippen LogP contribution is -2.49. The van der Waals surface area contributed by atoms with Gasteiger partial charge in [-0.05, 0) is 36.8 Å². The first kappa shape index (κ1) is 26.3. The van der Waals surface area contributed by atoms with Crippen molar-refractivity contribution in [2.24, 2.45) is 0 Å². The fourth-order valence-corrected chi connectivity index (χ4v) is 4.01. The lowest BCUT2D eigenvalue weighted by molar-refractivity contribution is -0.138. The quantitative estimate of drug-likeness (QED) is 0.399. The minimum absolute atomic E-state index is 0.231. The number of halogens is 3. The maximum Gasteiger partial charge on any atom is 0.417 e. The third-order valence-electron chi connectivity index (χ3n) is 5.97. The fourth-order valence-electron chi connectivity index (χ4n) is 4.01. The summed E-state index contributed by atoms with van der Waals surface area (Å²) >= 11 is 0. The molecule has 2 aromatic rings. The molecule has 0 spiro atoms. The number of benzene rings is 1. The van der Waals surface area contributed by atoms with Crippen molar-refractivity contribution in [1.82, 2.24) is 9.88 Å². The molecule has 1 aliphatic heterocycles. The molecule has 1 aliphatic rings. The van der Waals surface area contributed by atoms with Gasteiger partial charge in [0.05, 0.1) is 23.8 Å². The lowest BCUT2D eigenvalue weighted by Gasteiger charge is -2.36. The summed E-state index contributed by atoms with van der Waals surface area (Å²) in [5, 5.41) is 3.14. The number of methoxy groups -OCH3 is 1. The van der Waals surface area contributed by atoms with Gasteiger partial charge in [-0.25, -0.2) is 9.78 Å². The van der Waals surface area contributed by atoms with Crippen LogP contribution in [0.2, 0.25) is 0 Å². The molecule has 1 aromatic carbocycles.